The van der Waals surface area contributed by atoms with Gasteiger partial charge in [0.05, 0.1) is 30.5 Å². The lowest BCUT2D eigenvalue weighted by Gasteiger charge is -2.30. The Labute approximate surface area is 242 Å². The van der Waals surface area contributed by atoms with Crippen molar-refractivity contribution < 1.29 is 47.4 Å². The zero-order valence-electron chi connectivity index (χ0n) is 22.6. The molecule has 1 aromatic heterocycles. The van der Waals surface area contributed by atoms with Crippen LogP contribution >= 0.6 is 0 Å². The average molecular weight is 602 g/mol. The van der Waals surface area contributed by atoms with Crippen molar-refractivity contribution in [3.8, 4) is 11.5 Å². The van der Waals surface area contributed by atoms with Crippen LogP contribution in [0, 0.1) is 10.1 Å². The number of hydrogen-bond acceptors (Lipinski definition) is 7. The van der Waals surface area contributed by atoms with Crippen molar-refractivity contribution in [1.82, 2.24) is 9.88 Å². The Morgan fingerprint density at radius 3 is 2.37 bits per heavy atom. The molecule has 0 saturated heterocycles. The second-order valence-corrected chi connectivity index (χ2v) is 9.59. The summed E-state index contributed by atoms with van der Waals surface area (Å²) in [4.78, 5) is 34.2. The molecule has 43 heavy (non-hydrogen) atoms. The first-order valence-electron chi connectivity index (χ1n) is 12.7. The number of non-ortho nitro benzene ring substituents is 1. The highest BCUT2D eigenvalue weighted by Gasteiger charge is 2.56. The van der Waals surface area contributed by atoms with Gasteiger partial charge in [0, 0.05) is 35.8 Å². The lowest BCUT2D eigenvalue weighted by atomic mass is 9.92. The van der Waals surface area contributed by atoms with Gasteiger partial charge in [-0.05, 0) is 29.3 Å². The van der Waals surface area contributed by atoms with Gasteiger partial charge >= 0.3 is 12.1 Å². The number of aliphatic carboxylic acids is 1. The highest BCUT2D eigenvalue weighted by atomic mass is 19.4. The van der Waals surface area contributed by atoms with Gasteiger partial charge in [-0.25, -0.2) is 0 Å². The number of rotatable bonds is 12. The van der Waals surface area contributed by atoms with Gasteiger partial charge in [-0.3, -0.25) is 19.7 Å². The molecule has 1 heterocycles. The second-order valence-electron chi connectivity index (χ2n) is 9.59. The van der Waals surface area contributed by atoms with Crippen LogP contribution in [0.5, 0.6) is 11.5 Å². The van der Waals surface area contributed by atoms with E-state index in [1.807, 2.05) is 0 Å². The molecular weight excluding hydrogens is 575 g/mol. The fourth-order valence-corrected chi connectivity index (χ4v) is 4.52. The molecule has 14 heteroatoms. The number of ether oxygens (including phenoxy) is 2. The molecule has 3 N–H and O–H groups in total. The Kier molecular flexibility index (Phi) is 8.90. The quantitative estimate of drug-likeness (QED) is 0.162. The van der Waals surface area contributed by atoms with Crippen LogP contribution in [0.1, 0.15) is 16.7 Å². The Bertz CT molecular complexity index is 1660. The lowest BCUT2D eigenvalue weighted by Crippen LogP contribution is -2.51. The van der Waals surface area contributed by atoms with E-state index in [4.69, 9.17) is 14.6 Å². The standard InChI is InChI=1S/C29H26F3N3O8/c1-42-25-11-19(12-27(37)38)7-10-24(25)43-16-26(36)33-17-28(39,29(30,31)32)22-15-34(14-18-5-3-2-4-6-18)23-13-20(35(40)41)8-9-21(22)23/h2-11,13,15,39H,12,14,16-17H2,1H3,(H,33,36)(H,37,38). The third-order valence-corrected chi connectivity index (χ3v) is 6.67. The van der Waals surface area contributed by atoms with Crippen LogP contribution in [0.4, 0.5) is 18.9 Å². The molecule has 1 amide bonds. The minimum absolute atomic E-state index is 0.0449. The van der Waals surface area contributed by atoms with Gasteiger partial charge in [-0.2, -0.15) is 13.2 Å². The number of benzene rings is 3. The fourth-order valence-electron chi connectivity index (χ4n) is 4.52. The summed E-state index contributed by atoms with van der Waals surface area (Å²) in [6.45, 7) is -1.97. The number of nitrogens with one attached hydrogen (secondary N) is 1. The van der Waals surface area contributed by atoms with Crippen molar-refractivity contribution in [2.24, 2.45) is 0 Å². The van der Waals surface area contributed by atoms with Crippen LogP contribution in [0.25, 0.3) is 10.9 Å². The molecule has 1 atom stereocenters. The van der Waals surface area contributed by atoms with E-state index in [-0.39, 0.29) is 41.1 Å². The second kappa shape index (κ2) is 12.4. The molecule has 0 fully saturated rings. The van der Waals surface area contributed by atoms with Gasteiger partial charge in [-0.1, -0.05) is 36.4 Å². The number of nitrogens with zero attached hydrogens (tertiary/aromatic N) is 2. The predicted molar refractivity (Wildman–Crippen MR) is 147 cm³/mol. The number of alkyl halides is 3. The van der Waals surface area contributed by atoms with Gasteiger partial charge in [0.2, 0.25) is 5.60 Å². The molecule has 3 aromatic carbocycles. The summed E-state index contributed by atoms with van der Waals surface area (Å²) in [6.07, 6.45) is -4.48. The molecule has 4 aromatic rings. The maximum absolute atomic E-state index is 14.5. The average Bonchev–Trinajstić information content (AvgIpc) is 3.32. The van der Waals surface area contributed by atoms with E-state index < -0.39 is 47.3 Å². The van der Waals surface area contributed by atoms with E-state index in [0.717, 1.165) is 24.4 Å². The lowest BCUT2D eigenvalue weighted by molar-refractivity contribution is -0.384. The number of hydrogen-bond donors (Lipinski definition) is 3. The molecule has 0 radical (unpaired) electrons. The number of carboxylic acids is 1. The van der Waals surface area contributed by atoms with Crippen LogP contribution in [-0.4, -0.2) is 58.0 Å². The van der Waals surface area contributed by atoms with Gasteiger partial charge in [0.1, 0.15) is 0 Å². The zero-order chi connectivity index (χ0) is 31.4. The highest BCUT2D eigenvalue weighted by molar-refractivity contribution is 5.87. The number of amides is 1. The number of carbonyl (C=O) groups is 2. The Morgan fingerprint density at radius 2 is 1.74 bits per heavy atom. The normalized spacial score (nSPS) is 12.9. The molecule has 0 aliphatic carbocycles. The minimum atomic E-state index is -5.27. The Morgan fingerprint density at radius 1 is 1.02 bits per heavy atom. The fraction of sp³-hybridized carbons (Fsp3) is 0.241. The van der Waals surface area contributed by atoms with E-state index >= 15 is 0 Å². The van der Waals surface area contributed by atoms with E-state index in [0.29, 0.717) is 11.1 Å². The Hall–Kier alpha value is -5.11. The van der Waals surface area contributed by atoms with Gasteiger partial charge in [-0.15, -0.1) is 0 Å². The van der Waals surface area contributed by atoms with E-state index in [1.165, 1.54) is 29.9 Å². The van der Waals surface area contributed by atoms with Crippen molar-refractivity contribution >= 4 is 28.5 Å². The first kappa shape index (κ1) is 30.8. The Balaban J connectivity index is 1.60. The molecule has 1 unspecified atom stereocenters. The minimum Gasteiger partial charge on any atom is -0.493 e. The number of aliphatic hydroxyl groups is 1. The third-order valence-electron chi connectivity index (χ3n) is 6.67. The number of carboxylic acid groups (broad SMARTS) is 1. The van der Waals surface area contributed by atoms with E-state index in [9.17, 15) is 38.0 Å². The topological polar surface area (TPSA) is 153 Å². The number of methoxy groups -OCH3 is 1. The van der Waals surface area contributed by atoms with Crippen molar-refractivity contribution in [2.45, 2.75) is 24.7 Å². The summed E-state index contributed by atoms with van der Waals surface area (Å²) in [7, 11) is 1.29. The molecule has 4 rings (SSSR count). The summed E-state index contributed by atoms with van der Waals surface area (Å²) in [5.74, 6) is -1.92. The van der Waals surface area contributed by atoms with Crippen molar-refractivity contribution in [3.05, 3.63) is 99.7 Å². The summed E-state index contributed by atoms with van der Waals surface area (Å²) in [6, 6.07) is 16.2. The van der Waals surface area contributed by atoms with E-state index in [2.05, 4.69) is 5.32 Å². The van der Waals surface area contributed by atoms with Crippen LogP contribution in [0.2, 0.25) is 0 Å². The monoisotopic (exact) mass is 601 g/mol. The number of nitro benzene ring substituents is 1. The number of halogens is 3. The predicted octanol–water partition coefficient (Wildman–Crippen LogP) is 4.18. The van der Waals surface area contributed by atoms with Gasteiger partial charge in [0.15, 0.2) is 18.1 Å². The molecule has 0 spiro atoms. The maximum atomic E-state index is 14.5. The van der Waals surface area contributed by atoms with Crippen LogP contribution < -0.4 is 14.8 Å². The summed E-state index contributed by atoms with van der Waals surface area (Å²) in [5.41, 5.74) is -3.34. The first-order valence-corrected chi connectivity index (χ1v) is 12.7. The molecule has 226 valence electrons. The van der Waals surface area contributed by atoms with Gasteiger partial charge < -0.3 is 29.6 Å². The number of aromatic nitrogens is 1. The molecule has 0 bridgehead atoms. The molecular formula is C29H26F3N3O8. The molecule has 0 aliphatic heterocycles. The van der Waals surface area contributed by atoms with Crippen molar-refractivity contribution in [3.63, 3.8) is 0 Å². The summed E-state index contributed by atoms with van der Waals surface area (Å²) < 4.78 is 55.3. The molecule has 0 saturated carbocycles. The summed E-state index contributed by atoms with van der Waals surface area (Å²) >= 11 is 0. The molecule has 11 nitrogen and oxygen atoms in total. The van der Waals surface area contributed by atoms with Gasteiger partial charge in [0.25, 0.3) is 11.6 Å². The molecule has 0 aliphatic rings. The maximum Gasteiger partial charge on any atom is 0.423 e. The number of nitro groups is 1. The summed E-state index contributed by atoms with van der Waals surface area (Å²) in [5, 5.41) is 33.4. The largest absolute Gasteiger partial charge is 0.493 e. The van der Waals surface area contributed by atoms with Crippen molar-refractivity contribution in [2.75, 3.05) is 20.3 Å². The van der Waals surface area contributed by atoms with Crippen LogP contribution in [0.3, 0.4) is 0 Å². The smallest absolute Gasteiger partial charge is 0.423 e. The highest BCUT2D eigenvalue weighted by Crippen LogP contribution is 2.43. The van der Waals surface area contributed by atoms with Crippen molar-refractivity contribution in [1.29, 1.82) is 0 Å². The SMILES string of the molecule is COc1cc(CC(=O)O)ccc1OCC(=O)NCC(O)(c1cn(Cc2ccccc2)c2cc([N+](=O)[O-])ccc12)C(F)(F)F. The first-order chi connectivity index (χ1) is 20.3. The number of fused-ring (bicyclic) bond motifs is 1. The van der Waals surface area contributed by atoms with Crippen LogP contribution in [-0.2, 0) is 28.2 Å². The number of carbonyl (C=O) groups excluding carboxylic acids is 1. The van der Waals surface area contributed by atoms with Crippen LogP contribution in [0.15, 0.2) is 72.9 Å². The third kappa shape index (κ3) is 6.86. The zero-order valence-corrected chi connectivity index (χ0v) is 22.6. The van der Waals surface area contributed by atoms with E-state index in [1.54, 1.807) is 30.3 Å².